The van der Waals surface area contributed by atoms with Gasteiger partial charge in [-0.3, -0.25) is 4.79 Å². The Morgan fingerprint density at radius 1 is 1.14 bits per heavy atom. The molecule has 4 aliphatic rings. The van der Waals surface area contributed by atoms with E-state index in [4.69, 9.17) is 0 Å². The normalized spacial score (nSPS) is 40.4. The standard InChI is InChI=1S/C19H25NO/c1-20-12-17(21)19-10-14-7-15(11-19)9-18(8-14,13-19)16-5-3-2-4-6-16/h2-6,14-15,20H,7-13H2,1H3/t14-,15-,18?,19?/m0/s1. The van der Waals surface area contributed by atoms with Gasteiger partial charge < -0.3 is 5.32 Å². The van der Waals surface area contributed by atoms with Crippen LogP contribution >= 0.6 is 0 Å². The SMILES string of the molecule is CNCC(=O)C12C[C@H]3C[C@H](C1)CC(c1ccccc1)(C3)C2. The summed E-state index contributed by atoms with van der Waals surface area (Å²) >= 11 is 0. The van der Waals surface area contributed by atoms with Gasteiger partial charge in [0.15, 0.2) is 5.78 Å². The number of nitrogens with one attached hydrogen (secondary N) is 1. The lowest BCUT2D eigenvalue weighted by Gasteiger charge is -2.61. The molecule has 0 aliphatic heterocycles. The minimum absolute atomic E-state index is 0.0249. The number of ketones is 1. The van der Waals surface area contributed by atoms with E-state index in [1.807, 2.05) is 7.05 Å². The van der Waals surface area contributed by atoms with Gasteiger partial charge in [-0.15, -0.1) is 0 Å². The third kappa shape index (κ3) is 1.99. The van der Waals surface area contributed by atoms with Crippen molar-refractivity contribution in [1.82, 2.24) is 5.32 Å². The van der Waals surface area contributed by atoms with Crippen molar-refractivity contribution < 1.29 is 4.79 Å². The van der Waals surface area contributed by atoms with Gasteiger partial charge in [-0.1, -0.05) is 30.3 Å². The number of benzene rings is 1. The highest BCUT2D eigenvalue weighted by molar-refractivity contribution is 5.87. The minimum atomic E-state index is -0.0249. The number of hydrogen-bond acceptors (Lipinski definition) is 2. The molecule has 0 heterocycles. The van der Waals surface area contributed by atoms with Crippen molar-refractivity contribution in [3.05, 3.63) is 35.9 Å². The first kappa shape index (κ1) is 13.5. The van der Waals surface area contributed by atoms with E-state index in [9.17, 15) is 4.79 Å². The molecular formula is C19H25NO. The van der Waals surface area contributed by atoms with E-state index < -0.39 is 0 Å². The number of hydrogen-bond donors (Lipinski definition) is 1. The number of carbonyl (C=O) groups excluding carboxylic acids is 1. The Hall–Kier alpha value is -1.15. The van der Waals surface area contributed by atoms with Crippen LogP contribution in [0.5, 0.6) is 0 Å². The van der Waals surface area contributed by atoms with Crippen molar-refractivity contribution in [3.63, 3.8) is 0 Å². The molecule has 5 rings (SSSR count). The van der Waals surface area contributed by atoms with Gasteiger partial charge in [0.05, 0.1) is 6.54 Å². The molecule has 0 aromatic heterocycles. The fraction of sp³-hybridized carbons (Fsp3) is 0.632. The molecule has 1 aromatic rings. The predicted octanol–water partition coefficient (Wildman–Crippen LogP) is 3.31. The molecule has 0 radical (unpaired) electrons. The van der Waals surface area contributed by atoms with Crippen molar-refractivity contribution in [2.75, 3.05) is 13.6 Å². The lowest BCUT2D eigenvalue weighted by molar-refractivity contribution is -0.145. The van der Waals surface area contributed by atoms with E-state index in [0.717, 1.165) is 31.1 Å². The van der Waals surface area contributed by atoms with E-state index in [1.165, 1.54) is 24.8 Å². The predicted molar refractivity (Wildman–Crippen MR) is 84.2 cm³/mol. The summed E-state index contributed by atoms with van der Waals surface area (Å²) in [5.41, 5.74) is 1.75. The van der Waals surface area contributed by atoms with E-state index in [0.29, 0.717) is 12.3 Å². The zero-order valence-electron chi connectivity index (χ0n) is 12.9. The van der Waals surface area contributed by atoms with E-state index in [1.54, 1.807) is 0 Å². The summed E-state index contributed by atoms with van der Waals surface area (Å²) < 4.78 is 0. The third-order valence-corrected chi connectivity index (χ3v) is 6.38. The summed E-state index contributed by atoms with van der Waals surface area (Å²) in [6, 6.07) is 11.0. The van der Waals surface area contributed by atoms with Gasteiger partial charge in [0.2, 0.25) is 0 Å². The van der Waals surface area contributed by atoms with Crippen LogP contribution in [0.15, 0.2) is 30.3 Å². The van der Waals surface area contributed by atoms with Crippen LogP contribution in [-0.2, 0) is 10.2 Å². The summed E-state index contributed by atoms with van der Waals surface area (Å²) in [6.07, 6.45) is 7.38. The average molecular weight is 283 g/mol. The first-order valence-electron chi connectivity index (χ1n) is 8.39. The van der Waals surface area contributed by atoms with Gasteiger partial charge in [0, 0.05) is 5.41 Å². The fourth-order valence-corrected chi connectivity index (χ4v) is 6.07. The Labute approximate surface area is 127 Å². The van der Waals surface area contributed by atoms with Crippen molar-refractivity contribution in [2.45, 2.75) is 43.9 Å². The highest BCUT2D eigenvalue weighted by atomic mass is 16.1. The smallest absolute Gasteiger partial charge is 0.152 e. The Bertz CT molecular complexity index is 536. The van der Waals surface area contributed by atoms with Crippen LogP contribution in [0.2, 0.25) is 0 Å². The molecule has 2 nitrogen and oxygen atoms in total. The third-order valence-electron chi connectivity index (χ3n) is 6.38. The van der Waals surface area contributed by atoms with Gasteiger partial charge in [-0.25, -0.2) is 0 Å². The highest BCUT2D eigenvalue weighted by Gasteiger charge is 2.60. The number of Topliss-reactive ketones (excluding diaryl/α,β-unsaturated/α-hetero) is 1. The van der Waals surface area contributed by atoms with Crippen LogP contribution in [0.3, 0.4) is 0 Å². The first-order chi connectivity index (χ1) is 10.2. The zero-order chi connectivity index (χ0) is 14.5. The van der Waals surface area contributed by atoms with Gasteiger partial charge >= 0.3 is 0 Å². The molecule has 0 spiro atoms. The molecule has 4 aliphatic carbocycles. The molecule has 1 aromatic carbocycles. The van der Waals surface area contributed by atoms with Gasteiger partial charge in [-0.05, 0) is 68.4 Å². The molecular weight excluding hydrogens is 258 g/mol. The van der Waals surface area contributed by atoms with Crippen molar-refractivity contribution >= 4 is 5.78 Å². The minimum Gasteiger partial charge on any atom is -0.313 e. The van der Waals surface area contributed by atoms with Crippen LogP contribution < -0.4 is 5.32 Å². The molecule has 1 N–H and O–H groups in total. The second-order valence-electron chi connectivity index (χ2n) is 7.84. The summed E-state index contributed by atoms with van der Waals surface area (Å²) in [4.78, 5) is 12.8. The lowest BCUT2D eigenvalue weighted by atomic mass is 9.42. The number of carbonyl (C=O) groups is 1. The largest absolute Gasteiger partial charge is 0.313 e. The lowest BCUT2D eigenvalue weighted by Crippen LogP contribution is -2.57. The maximum atomic E-state index is 12.8. The molecule has 4 saturated carbocycles. The second-order valence-corrected chi connectivity index (χ2v) is 7.84. The summed E-state index contributed by atoms with van der Waals surface area (Å²) in [5, 5.41) is 3.10. The van der Waals surface area contributed by atoms with Crippen LogP contribution in [0.1, 0.15) is 44.1 Å². The molecule has 4 fully saturated rings. The Kier molecular flexibility index (Phi) is 3.01. The van der Waals surface area contributed by atoms with Gasteiger partial charge in [-0.2, -0.15) is 0 Å². The van der Waals surface area contributed by atoms with E-state index in [-0.39, 0.29) is 10.8 Å². The monoisotopic (exact) mass is 283 g/mol. The Morgan fingerprint density at radius 2 is 1.81 bits per heavy atom. The van der Waals surface area contributed by atoms with Crippen LogP contribution in [-0.4, -0.2) is 19.4 Å². The second kappa shape index (κ2) is 4.67. The number of likely N-dealkylation sites (N-methyl/N-ethyl adjacent to an activating group) is 1. The van der Waals surface area contributed by atoms with Crippen LogP contribution in [0.4, 0.5) is 0 Å². The molecule has 112 valence electrons. The van der Waals surface area contributed by atoms with E-state index in [2.05, 4.69) is 35.6 Å². The quantitative estimate of drug-likeness (QED) is 0.918. The molecule has 0 saturated heterocycles. The van der Waals surface area contributed by atoms with E-state index >= 15 is 0 Å². The summed E-state index contributed by atoms with van der Waals surface area (Å²) in [5.74, 6) is 2.01. The first-order valence-corrected chi connectivity index (χ1v) is 8.39. The van der Waals surface area contributed by atoms with Crippen molar-refractivity contribution in [3.8, 4) is 0 Å². The van der Waals surface area contributed by atoms with Crippen LogP contribution in [0, 0.1) is 17.3 Å². The topological polar surface area (TPSA) is 29.1 Å². The molecule has 0 amide bonds. The van der Waals surface area contributed by atoms with Crippen molar-refractivity contribution in [2.24, 2.45) is 17.3 Å². The Balaban J connectivity index is 1.73. The molecule has 0 unspecified atom stereocenters. The molecule has 2 atom stereocenters. The number of rotatable bonds is 4. The average Bonchev–Trinajstić information content (AvgIpc) is 2.47. The highest BCUT2D eigenvalue weighted by Crippen LogP contribution is 2.65. The molecule has 2 heteroatoms. The molecule has 21 heavy (non-hydrogen) atoms. The summed E-state index contributed by atoms with van der Waals surface area (Å²) in [7, 11) is 1.89. The Morgan fingerprint density at radius 3 is 2.43 bits per heavy atom. The maximum absolute atomic E-state index is 12.8. The maximum Gasteiger partial charge on any atom is 0.152 e. The summed E-state index contributed by atoms with van der Waals surface area (Å²) in [6.45, 7) is 0.546. The van der Waals surface area contributed by atoms with Crippen LogP contribution in [0.25, 0.3) is 0 Å². The zero-order valence-corrected chi connectivity index (χ0v) is 12.9. The fourth-order valence-electron chi connectivity index (χ4n) is 6.07. The van der Waals surface area contributed by atoms with Crippen molar-refractivity contribution in [1.29, 1.82) is 0 Å². The van der Waals surface area contributed by atoms with Gasteiger partial charge in [0.25, 0.3) is 0 Å². The molecule has 4 bridgehead atoms. The van der Waals surface area contributed by atoms with Gasteiger partial charge in [0.1, 0.15) is 0 Å².